The first-order valence-electron chi connectivity index (χ1n) is 9.76. The molecule has 4 aromatic rings. The van der Waals surface area contributed by atoms with Gasteiger partial charge in [-0.2, -0.15) is 5.10 Å². The van der Waals surface area contributed by atoms with Gasteiger partial charge in [-0.15, -0.1) is 0 Å². The Labute approximate surface area is 169 Å². The third-order valence-corrected chi connectivity index (χ3v) is 4.86. The van der Waals surface area contributed by atoms with Gasteiger partial charge in [-0.25, -0.2) is 4.98 Å². The van der Waals surface area contributed by atoms with Crippen LogP contribution in [0.4, 0.5) is 0 Å². The Morgan fingerprint density at radius 2 is 2.03 bits per heavy atom. The van der Waals surface area contributed by atoms with Crippen LogP contribution in [0.25, 0.3) is 22.2 Å². The lowest BCUT2D eigenvalue weighted by atomic mass is 10.0. The van der Waals surface area contributed by atoms with E-state index in [1.165, 1.54) is 0 Å². The van der Waals surface area contributed by atoms with Crippen molar-refractivity contribution in [1.82, 2.24) is 25.1 Å². The van der Waals surface area contributed by atoms with E-state index < -0.39 is 0 Å². The van der Waals surface area contributed by atoms with Crippen LogP contribution >= 0.6 is 0 Å². The second-order valence-corrected chi connectivity index (χ2v) is 7.10. The van der Waals surface area contributed by atoms with Crippen LogP contribution in [0.3, 0.4) is 0 Å². The number of para-hydroxylation sites is 1. The van der Waals surface area contributed by atoms with Gasteiger partial charge in [-0.1, -0.05) is 24.3 Å². The van der Waals surface area contributed by atoms with Gasteiger partial charge in [0.05, 0.1) is 23.0 Å². The SMILES string of the molecule is CCn1cc(-c2cc(C(=O)N[C@@H](C)Cc3cccnc3)c3ccccc3n2)cn1. The maximum absolute atomic E-state index is 13.1. The smallest absolute Gasteiger partial charge is 0.252 e. The predicted octanol–water partition coefficient (Wildman–Crippen LogP) is 3.87. The second-order valence-electron chi connectivity index (χ2n) is 7.10. The Morgan fingerprint density at radius 3 is 2.79 bits per heavy atom. The summed E-state index contributed by atoms with van der Waals surface area (Å²) in [5, 5.41) is 8.29. The van der Waals surface area contributed by atoms with Gasteiger partial charge in [-0.05, 0) is 44.0 Å². The Hall–Kier alpha value is -3.54. The highest BCUT2D eigenvalue weighted by Gasteiger charge is 2.16. The number of carbonyl (C=O) groups is 1. The fraction of sp³-hybridized carbons (Fsp3) is 0.217. The van der Waals surface area contributed by atoms with Crippen LogP contribution in [0.15, 0.2) is 67.3 Å². The van der Waals surface area contributed by atoms with E-state index in [1.807, 2.05) is 73.4 Å². The van der Waals surface area contributed by atoms with Crippen LogP contribution < -0.4 is 5.32 Å². The molecule has 1 aromatic carbocycles. The number of fused-ring (bicyclic) bond motifs is 1. The summed E-state index contributed by atoms with van der Waals surface area (Å²) < 4.78 is 1.85. The average molecular weight is 385 g/mol. The van der Waals surface area contributed by atoms with E-state index in [4.69, 9.17) is 4.98 Å². The number of carbonyl (C=O) groups excluding carboxylic acids is 1. The molecule has 0 aliphatic heterocycles. The molecule has 1 N–H and O–H groups in total. The number of nitrogens with zero attached hydrogens (tertiary/aromatic N) is 4. The molecule has 0 spiro atoms. The minimum absolute atomic E-state index is 0.0232. The molecule has 0 radical (unpaired) electrons. The summed E-state index contributed by atoms with van der Waals surface area (Å²) in [7, 11) is 0. The monoisotopic (exact) mass is 385 g/mol. The van der Waals surface area contributed by atoms with E-state index >= 15 is 0 Å². The normalized spacial score (nSPS) is 12.1. The quantitative estimate of drug-likeness (QED) is 0.547. The van der Waals surface area contributed by atoms with E-state index in [2.05, 4.69) is 15.4 Å². The molecule has 0 saturated heterocycles. The van der Waals surface area contributed by atoms with Crippen molar-refractivity contribution in [3.05, 3.63) is 78.4 Å². The van der Waals surface area contributed by atoms with E-state index in [0.29, 0.717) is 5.56 Å². The van der Waals surface area contributed by atoms with E-state index in [9.17, 15) is 4.79 Å². The largest absolute Gasteiger partial charge is 0.349 e. The molecule has 29 heavy (non-hydrogen) atoms. The van der Waals surface area contributed by atoms with Crippen molar-refractivity contribution < 1.29 is 4.79 Å². The van der Waals surface area contributed by atoms with Gasteiger partial charge in [0.1, 0.15) is 0 Å². The molecule has 6 nitrogen and oxygen atoms in total. The van der Waals surface area contributed by atoms with Crippen molar-refractivity contribution in [3.63, 3.8) is 0 Å². The molecule has 0 aliphatic rings. The predicted molar refractivity (Wildman–Crippen MR) is 114 cm³/mol. The zero-order chi connectivity index (χ0) is 20.2. The third-order valence-electron chi connectivity index (χ3n) is 4.86. The van der Waals surface area contributed by atoms with Crippen LogP contribution in [0.2, 0.25) is 0 Å². The van der Waals surface area contributed by atoms with E-state index in [0.717, 1.165) is 40.7 Å². The lowest BCUT2D eigenvalue weighted by Crippen LogP contribution is -2.34. The Morgan fingerprint density at radius 1 is 1.17 bits per heavy atom. The number of amides is 1. The van der Waals surface area contributed by atoms with Gasteiger partial charge < -0.3 is 5.32 Å². The molecule has 6 heteroatoms. The fourth-order valence-corrected chi connectivity index (χ4v) is 3.40. The molecule has 1 amide bonds. The zero-order valence-electron chi connectivity index (χ0n) is 16.5. The first-order valence-corrected chi connectivity index (χ1v) is 9.76. The Balaban J connectivity index is 1.65. The Bertz CT molecular complexity index is 1140. The number of benzene rings is 1. The zero-order valence-corrected chi connectivity index (χ0v) is 16.5. The summed E-state index contributed by atoms with van der Waals surface area (Å²) in [5.41, 5.74) is 4.14. The number of nitrogens with one attached hydrogen (secondary N) is 1. The first-order chi connectivity index (χ1) is 14.1. The standard InChI is InChI=1S/C23H23N5O/c1-3-28-15-18(14-25-28)22-12-20(19-8-4-5-9-21(19)27-22)23(29)26-16(2)11-17-7-6-10-24-13-17/h4-10,12-16H,3,11H2,1-2H3,(H,26,29)/t16-/m0/s1. The second kappa shape index (κ2) is 8.22. The van der Waals surface area contributed by atoms with Crippen LogP contribution in [0.1, 0.15) is 29.8 Å². The van der Waals surface area contributed by atoms with Gasteiger partial charge >= 0.3 is 0 Å². The number of aromatic nitrogens is 4. The van der Waals surface area contributed by atoms with E-state index in [-0.39, 0.29) is 11.9 Å². The van der Waals surface area contributed by atoms with Crippen molar-refractivity contribution in [3.8, 4) is 11.3 Å². The molecule has 0 bridgehead atoms. The molecule has 3 heterocycles. The van der Waals surface area contributed by atoms with Gasteiger partial charge in [0.2, 0.25) is 0 Å². The van der Waals surface area contributed by atoms with Crippen LogP contribution in [0.5, 0.6) is 0 Å². The molecule has 1 atom stereocenters. The summed E-state index contributed by atoms with van der Waals surface area (Å²) in [6, 6.07) is 13.5. The van der Waals surface area contributed by atoms with Crippen molar-refractivity contribution in [2.45, 2.75) is 32.9 Å². The highest BCUT2D eigenvalue weighted by atomic mass is 16.1. The number of rotatable bonds is 6. The highest BCUT2D eigenvalue weighted by molar-refractivity contribution is 6.07. The lowest BCUT2D eigenvalue weighted by Gasteiger charge is -2.15. The molecule has 0 aliphatic carbocycles. The fourth-order valence-electron chi connectivity index (χ4n) is 3.40. The maximum Gasteiger partial charge on any atom is 0.252 e. The summed E-state index contributed by atoms with van der Waals surface area (Å²) in [4.78, 5) is 22.0. The van der Waals surface area contributed by atoms with Gasteiger partial charge in [0.25, 0.3) is 5.91 Å². The van der Waals surface area contributed by atoms with Crippen molar-refractivity contribution in [1.29, 1.82) is 0 Å². The summed E-state index contributed by atoms with van der Waals surface area (Å²) >= 11 is 0. The van der Waals surface area contributed by atoms with Gasteiger partial charge in [0.15, 0.2) is 0 Å². The topological polar surface area (TPSA) is 72.7 Å². The van der Waals surface area contributed by atoms with Crippen LogP contribution in [-0.4, -0.2) is 31.7 Å². The van der Waals surface area contributed by atoms with Gasteiger partial charge in [0, 0.05) is 42.1 Å². The van der Waals surface area contributed by atoms with E-state index in [1.54, 1.807) is 12.4 Å². The number of pyridine rings is 2. The molecule has 0 saturated carbocycles. The number of hydrogen-bond acceptors (Lipinski definition) is 4. The van der Waals surface area contributed by atoms with Crippen molar-refractivity contribution >= 4 is 16.8 Å². The minimum Gasteiger partial charge on any atom is -0.349 e. The molecular formula is C23H23N5O. The molecular weight excluding hydrogens is 362 g/mol. The third kappa shape index (κ3) is 4.16. The average Bonchev–Trinajstić information content (AvgIpc) is 3.23. The highest BCUT2D eigenvalue weighted by Crippen LogP contribution is 2.25. The molecule has 3 aromatic heterocycles. The summed E-state index contributed by atoms with van der Waals surface area (Å²) in [6.07, 6.45) is 8.03. The summed E-state index contributed by atoms with van der Waals surface area (Å²) in [5.74, 6) is -0.107. The molecule has 4 rings (SSSR count). The molecule has 0 fully saturated rings. The van der Waals surface area contributed by atoms with Crippen LogP contribution in [0, 0.1) is 0 Å². The number of aryl methyl sites for hydroxylation is 1. The van der Waals surface area contributed by atoms with Crippen LogP contribution in [-0.2, 0) is 13.0 Å². The summed E-state index contributed by atoms with van der Waals surface area (Å²) in [6.45, 7) is 4.82. The lowest BCUT2D eigenvalue weighted by molar-refractivity contribution is 0.0941. The van der Waals surface area contributed by atoms with Crippen molar-refractivity contribution in [2.24, 2.45) is 0 Å². The first kappa shape index (κ1) is 18.8. The minimum atomic E-state index is -0.107. The Kier molecular flexibility index (Phi) is 5.33. The maximum atomic E-state index is 13.1. The molecule has 146 valence electrons. The van der Waals surface area contributed by atoms with Gasteiger partial charge in [-0.3, -0.25) is 14.5 Å². The molecule has 0 unspecified atom stereocenters. The number of hydrogen-bond donors (Lipinski definition) is 1. The van der Waals surface area contributed by atoms with Crippen molar-refractivity contribution in [2.75, 3.05) is 0 Å².